The molecule has 0 spiro atoms. The highest BCUT2D eigenvalue weighted by atomic mass is 35.5. The van der Waals surface area contributed by atoms with E-state index in [1.165, 1.54) is 7.11 Å². The van der Waals surface area contributed by atoms with Crippen LogP contribution in [0.25, 0.3) is 0 Å². The van der Waals surface area contributed by atoms with E-state index in [-0.39, 0.29) is 0 Å². The topological polar surface area (TPSA) is 47.6 Å². The molecule has 0 atom stereocenters. The van der Waals surface area contributed by atoms with Gasteiger partial charge in [0.05, 0.1) is 12.1 Å². The molecule has 1 N–H and O–H groups in total. The summed E-state index contributed by atoms with van der Waals surface area (Å²) in [6.07, 6.45) is -0.574. The summed E-state index contributed by atoms with van der Waals surface area (Å²) in [4.78, 5) is 11.7. The largest absolute Gasteiger partial charge is 0.495 e. The number of halogens is 1. The van der Waals surface area contributed by atoms with Gasteiger partial charge in [-0.15, -0.1) is 0 Å². The molecule has 0 fully saturated rings. The molecule has 2 aromatic carbocycles. The van der Waals surface area contributed by atoms with Gasteiger partial charge in [-0.25, -0.2) is 4.79 Å². The Morgan fingerprint density at radius 2 is 1.89 bits per heavy atom. The van der Waals surface area contributed by atoms with Crippen molar-refractivity contribution in [2.75, 3.05) is 12.4 Å². The van der Waals surface area contributed by atoms with Gasteiger partial charge in [-0.2, -0.15) is 0 Å². The molecule has 0 aliphatic rings. The number of rotatable bonds is 3. The maximum atomic E-state index is 11.7. The first kappa shape index (κ1) is 13.2. The Kier molecular flexibility index (Phi) is 4.26. The number of methoxy groups -OCH3 is 1. The van der Waals surface area contributed by atoms with Gasteiger partial charge >= 0.3 is 6.09 Å². The summed E-state index contributed by atoms with van der Waals surface area (Å²) in [7, 11) is 1.51. The lowest BCUT2D eigenvalue weighted by molar-refractivity contribution is 0.215. The van der Waals surface area contributed by atoms with E-state index in [0.29, 0.717) is 22.2 Å². The number of amides is 1. The molecule has 0 saturated heterocycles. The van der Waals surface area contributed by atoms with E-state index in [2.05, 4.69) is 5.32 Å². The van der Waals surface area contributed by atoms with Crippen LogP contribution in [-0.2, 0) is 0 Å². The van der Waals surface area contributed by atoms with E-state index >= 15 is 0 Å². The fourth-order valence-electron chi connectivity index (χ4n) is 1.48. The van der Waals surface area contributed by atoms with Crippen molar-refractivity contribution in [2.45, 2.75) is 0 Å². The van der Waals surface area contributed by atoms with Gasteiger partial charge in [-0.1, -0.05) is 29.8 Å². The molecule has 2 aromatic rings. The molecule has 2 rings (SSSR count). The number of carbonyl (C=O) groups excluding carboxylic acids is 1. The fourth-order valence-corrected chi connectivity index (χ4v) is 1.67. The lowest BCUT2D eigenvalue weighted by Crippen LogP contribution is -2.16. The first-order valence-corrected chi connectivity index (χ1v) is 5.94. The van der Waals surface area contributed by atoms with Crippen LogP contribution in [0.5, 0.6) is 11.5 Å². The van der Waals surface area contributed by atoms with E-state index in [1.54, 1.807) is 42.5 Å². The Morgan fingerprint density at radius 1 is 1.16 bits per heavy atom. The van der Waals surface area contributed by atoms with Crippen molar-refractivity contribution in [3.05, 3.63) is 53.6 Å². The van der Waals surface area contributed by atoms with Crippen LogP contribution in [0.4, 0.5) is 10.5 Å². The summed E-state index contributed by atoms with van der Waals surface area (Å²) < 4.78 is 10.2. The molecule has 98 valence electrons. The normalized spacial score (nSPS) is 9.79. The lowest BCUT2D eigenvalue weighted by Gasteiger charge is -2.08. The van der Waals surface area contributed by atoms with Crippen molar-refractivity contribution in [1.29, 1.82) is 0 Å². The number of para-hydroxylation sites is 1. The van der Waals surface area contributed by atoms with Gasteiger partial charge in [-0.3, -0.25) is 5.32 Å². The van der Waals surface area contributed by atoms with Crippen LogP contribution in [0.2, 0.25) is 5.02 Å². The smallest absolute Gasteiger partial charge is 0.417 e. The zero-order chi connectivity index (χ0) is 13.7. The number of hydrogen-bond donors (Lipinski definition) is 1. The second-order valence-corrected chi connectivity index (χ2v) is 4.08. The van der Waals surface area contributed by atoms with Gasteiger partial charge in [0.2, 0.25) is 0 Å². The molecule has 0 saturated carbocycles. The van der Waals surface area contributed by atoms with E-state index in [0.717, 1.165) is 0 Å². The van der Waals surface area contributed by atoms with Gasteiger partial charge < -0.3 is 9.47 Å². The Morgan fingerprint density at radius 3 is 2.58 bits per heavy atom. The van der Waals surface area contributed by atoms with Gasteiger partial charge in [-0.05, 0) is 24.3 Å². The Labute approximate surface area is 115 Å². The highest BCUT2D eigenvalue weighted by molar-refractivity contribution is 6.32. The van der Waals surface area contributed by atoms with Crippen molar-refractivity contribution >= 4 is 23.4 Å². The summed E-state index contributed by atoms with van der Waals surface area (Å²) in [5.74, 6) is 0.958. The molecule has 0 bridgehead atoms. The first-order valence-electron chi connectivity index (χ1n) is 5.56. The van der Waals surface area contributed by atoms with E-state index in [4.69, 9.17) is 21.1 Å². The quantitative estimate of drug-likeness (QED) is 0.924. The maximum Gasteiger partial charge on any atom is 0.417 e. The average Bonchev–Trinajstić information content (AvgIpc) is 2.42. The maximum absolute atomic E-state index is 11.7. The van der Waals surface area contributed by atoms with Crippen LogP contribution >= 0.6 is 11.6 Å². The van der Waals surface area contributed by atoms with E-state index in [9.17, 15) is 4.79 Å². The molecule has 0 aromatic heterocycles. The number of ether oxygens (including phenoxy) is 2. The minimum absolute atomic E-state index is 0.473. The van der Waals surface area contributed by atoms with Crippen LogP contribution in [0.3, 0.4) is 0 Å². The Bertz CT molecular complexity index is 572. The van der Waals surface area contributed by atoms with Gasteiger partial charge in [0, 0.05) is 11.8 Å². The summed E-state index contributed by atoms with van der Waals surface area (Å²) in [5.41, 5.74) is 0.544. The molecular formula is C14H12ClNO3. The number of carbonyl (C=O) groups is 1. The zero-order valence-corrected chi connectivity index (χ0v) is 11.0. The van der Waals surface area contributed by atoms with Crippen molar-refractivity contribution in [3.8, 4) is 11.5 Å². The average molecular weight is 278 g/mol. The fraction of sp³-hybridized carbons (Fsp3) is 0.0714. The third-order valence-corrected chi connectivity index (χ3v) is 2.66. The van der Waals surface area contributed by atoms with Crippen molar-refractivity contribution in [1.82, 2.24) is 0 Å². The second kappa shape index (κ2) is 6.11. The van der Waals surface area contributed by atoms with Gasteiger partial charge in [0.25, 0.3) is 0 Å². The molecule has 4 nitrogen and oxygen atoms in total. The minimum atomic E-state index is -0.574. The number of benzene rings is 2. The molecule has 1 amide bonds. The van der Waals surface area contributed by atoms with Crippen molar-refractivity contribution in [3.63, 3.8) is 0 Å². The van der Waals surface area contributed by atoms with Gasteiger partial charge in [0.15, 0.2) is 0 Å². The Balaban J connectivity index is 2.03. The standard InChI is InChI=1S/C14H12ClNO3/c1-18-13-9-10(7-8-12(13)15)16-14(17)19-11-5-3-2-4-6-11/h2-9H,1H3,(H,16,17). The van der Waals surface area contributed by atoms with E-state index < -0.39 is 6.09 Å². The molecule has 19 heavy (non-hydrogen) atoms. The third-order valence-electron chi connectivity index (χ3n) is 2.35. The van der Waals surface area contributed by atoms with Crippen LogP contribution in [-0.4, -0.2) is 13.2 Å². The summed E-state index contributed by atoms with van der Waals surface area (Å²) in [6.45, 7) is 0. The van der Waals surface area contributed by atoms with Crippen LogP contribution in [0, 0.1) is 0 Å². The summed E-state index contributed by atoms with van der Waals surface area (Å²) in [5, 5.41) is 3.07. The zero-order valence-electron chi connectivity index (χ0n) is 10.2. The first-order chi connectivity index (χ1) is 9.19. The molecule has 0 aliphatic carbocycles. The SMILES string of the molecule is COc1cc(NC(=O)Oc2ccccc2)ccc1Cl. The highest BCUT2D eigenvalue weighted by Gasteiger charge is 2.07. The number of anilines is 1. The van der Waals surface area contributed by atoms with Crippen LogP contribution in [0.1, 0.15) is 0 Å². The Hall–Kier alpha value is -2.20. The molecule has 0 heterocycles. The van der Waals surface area contributed by atoms with Crippen LogP contribution in [0.15, 0.2) is 48.5 Å². The van der Waals surface area contributed by atoms with Crippen molar-refractivity contribution < 1.29 is 14.3 Å². The highest BCUT2D eigenvalue weighted by Crippen LogP contribution is 2.27. The lowest BCUT2D eigenvalue weighted by atomic mass is 10.3. The molecular weight excluding hydrogens is 266 g/mol. The second-order valence-electron chi connectivity index (χ2n) is 3.68. The van der Waals surface area contributed by atoms with E-state index in [1.807, 2.05) is 6.07 Å². The van der Waals surface area contributed by atoms with Crippen LogP contribution < -0.4 is 14.8 Å². The molecule has 0 aliphatic heterocycles. The summed E-state index contributed by atoms with van der Waals surface area (Å²) in [6, 6.07) is 13.7. The summed E-state index contributed by atoms with van der Waals surface area (Å²) >= 11 is 5.89. The molecule has 0 radical (unpaired) electrons. The predicted molar refractivity (Wildman–Crippen MR) is 74.1 cm³/mol. The van der Waals surface area contributed by atoms with Gasteiger partial charge in [0.1, 0.15) is 11.5 Å². The molecule has 5 heteroatoms. The predicted octanol–water partition coefficient (Wildman–Crippen LogP) is 3.96. The minimum Gasteiger partial charge on any atom is -0.495 e. The number of nitrogens with one attached hydrogen (secondary N) is 1. The molecule has 0 unspecified atom stereocenters. The monoisotopic (exact) mass is 277 g/mol. The third kappa shape index (κ3) is 3.63. The number of hydrogen-bond acceptors (Lipinski definition) is 3. The van der Waals surface area contributed by atoms with Crippen molar-refractivity contribution in [2.24, 2.45) is 0 Å².